The molecule has 238 valence electrons. The smallest absolute Gasteiger partial charge is 0.339 e. The molecule has 9 nitrogen and oxygen atoms in total. The van der Waals surface area contributed by atoms with Gasteiger partial charge in [-0.15, -0.1) is 0 Å². The average molecular weight is 598 g/mol. The summed E-state index contributed by atoms with van der Waals surface area (Å²) in [5.74, 6) is -0.973. The Morgan fingerprint density at radius 2 is 1.53 bits per heavy atom. The second-order valence-electron chi connectivity index (χ2n) is 10.4. The fraction of sp³-hybridized carbons (Fsp3) is 0.500. The predicted molar refractivity (Wildman–Crippen MR) is 173 cm³/mol. The summed E-state index contributed by atoms with van der Waals surface area (Å²) in [5.41, 5.74) is -0.0939. The number of carbonyl (C=O) groups is 3. The molecule has 0 saturated heterocycles. The van der Waals surface area contributed by atoms with Crippen molar-refractivity contribution < 1.29 is 29.3 Å². The fourth-order valence-electron chi connectivity index (χ4n) is 3.97. The van der Waals surface area contributed by atoms with Gasteiger partial charge < -0.3 is 30.9 Å². The predicted octanol–water partition coefficient (Wildman–Crippen LogP) is 6.98. The quantitative estimate of drug-likeness (QED) is 0.0589. The van der Waals surface area contributed by atoms with Crippen molar-refractivity contribution in [1.82, 2.24) is 10.6 Å². The van der Waals surface area contributed by atoms with E-state index in [0.717, 1.165) is 44.6 Å². The number of rotatable bonds is 21. The minimum atomic E-state index is -1.30. The van der Waals surface area contributed by atoms with Gasteiger partial charge in [0.25, 0.3) is 0 Å². The van der Waals surface area contributed by atoms with Crippen molar-refractivity contribution in [1.29, 1.82) is 0 Å². The molecule has 0 aliphatic carbocycles. The maximum Gasteiger partial charge on any atom is 0.339 e. The monoisotopic (exact) mass is 597 g/mol. The number of carbonyl (C=O) groups excluding carboxylic acids is 2. The van der Waals surface area contributed by atoms with Crippen LogP contribution in [0.1, 0.15) is 83.0 Å². The molecule has 3 amide bonds. The summed E-state index contributed by atoms with van der Waals surface area (Å²) in [6, 6.07) is 3.17. The van der Waals surface area contributed by atoms with Gasteiger partial charge in [0.2, 0.25) is 5.91 Å². The minimum Gasteiger partial charge on any atom is -0.507 e. The summed E-state index contributed by atoms with van der Waals surface area (Å²) < 4.78 is 5.79. The highest BCUT2D eigenvalue weighted by Gasteiger charge is 2.16. The number of anilines is 1. The number of hydrogen-bond donors (Lipinski definition) is 5. The van der Waals surface area contributed by atoms with Gasteiger partial charge in [0, 0.05) is 25.4 Å². The van der Waals surface area contributed by atoms with Crippen LogP contribution in [0.25, 0.3) is 0 Å². The molecule has 3 unspecified atom stereocenters. The Hall–Kier alpha value is -3.85. The zero-order valence-corrected chi connectivity index (χ0v) is 26.2. The first-order chi connectivity index (χ1) is 20.7. The Morgan fingerprint density at radius 1 is 0.884 bits per heavy atom. The Kier molecular flexibility index (Phi) is 19.6. The Bertz CT molecular complexity index is 1100. The number of benzene rings is 1. The molecule has 1 aromatic carbocycles. The zero-order valence-electron chi connectivity index (χ0n) is 26.2. The largest absolute Gasteiger partial charge is 0.507 e. The molecular weight excluding hydrogens is 546 g/mol. The first kappa shape index (κ1) is 37.2. The molecule has 0 saturated carbocycles. The number of aromatic carboxylic acids is 1. The Morgan fingerprint density at radius 3 is 2.21 bits per heavy atom. The van der Waals surface area contributed by atoms with Gasteiger partial charge in [0.15, 0.2) is 0 Å². The van der Waals surface area contributed by atoms with Crippen LogP contribution in [0.5, 0.6) is 5.75 Å². The number of ether oxygens (including phenoxy) is 1. The van der Waals surface area contributed by atoms with Crippen LogP contribution in [0.2, 0.25) is 0 Å². The van der Waals surface area contributed by atoms with Crippen molar-refractivity contribution in [2.45, 2.75) is 78.7 Å². The number of nitrogens with one attached hydrogen (secondary N) is 3. The molecule has 9 heteroatoms. The second kappa shape index (κ2) is 22.7. The fourth-order valence-corrected chi connectivity index (χ4v) is 3.97. The van der Waals surface area contributed by atoms with E-state index in [4.69, 9.17) is 9.84 Å². The van der Waals surface area contributed by atoms with E-state index >= 15 is 0 Å². The van der Waals surface area contributed by atoms with Crippen LogP contribution in [0.4, 0.5) is 10.5 Å². The van der Waals surface area contributed by atoms with Crippen LogP contribution in [-0.4, -0.2) is 53.9 Å². The molecule has 3 atom stereocenters. The van der Waals surface area contributed by atoms with Crippen LogP contribution < -0.4 is 16.0 Å². The van der Waals surface area contributed by atoms with Crippen molar-refractivity contribution in [2.75, 3.05) is 25.0 Å². The number of amides is 3. The normalized spacial score (nSPS) is 14.0. The maximum atomic E-state index is 12.4. The number of allylic oxidation sites excluding steroid dienone is 8. The number of urea groups is 1. The molecule has 0 radical (unpaired) electrons. The molecule has 0 bridgehead atoms. The minimum absolute atomic E-state index is 0.172. The summed E-state index contributed by atoms with van der Waals surface area (Å²) in [6.07, 6.45) is 23.7. The summed E-state index contributed by atoms with van der Waals surface area (Å²) in [4.78, 5) is 35.6. The molecule has 43 heavy (non-hydrogen) atoms. The third-order valence-corrected chi connectivity index (χ3v) is 6.76. The van der Waals surface area contributed by atoms with Crippen LogP contribution in [0, 0.1) is 11.8 Å². The SMILES string of the molecule is CC/C=C\C/C=C\C/C=C\C(C)C(C)/C=C\CCCCOC(CC)C(=O)NCCNC(=O)Nc1ccc(O)c(C(=O)O)c1. The lowest BCUT2D eigenvalue weighted by molar-refractivity contribution is -0.133. The van der Waals surface area contributed by atoms with Gasteiger partial charge in [-0.25, -0.2) is 9.59 Å². The first-order valence-corrected chi connectivity index (χ1v) is 15.3. The molecule has 1 aromatic rings. The van der Waals surface area contributed by atoms with E-state index in [1.165, 1.54) is 12.1 Å². The topological polar surface area (TPSA) is 137 Å². The number of hydrogen-bond acceptors (Lipinski definition) is 5. The zero-order chi connectivity index (χ0) is 31.9. The summed E-state index contributed by atoms with van der Waals surface area (Å²) in [6.45, 7) is 9.39. The van der Waals surface area contributed by atoms with E-state index in [-0.39, 0.29) is 36.0 Å². The lowest BCUT2D eigenvalue weighted by atomic mass is 9.94. The number of carboxylic acids is 1. The van der Waals surface area contributed by atoms with E-state index in [0.29, 0.717) is 24.9 Å². The van der Waals surface area contributed by atoms with E-state index in [1.807, 2.05) is 6.92 Å². The second-order valence-corrected chi connectivity index (χ2v) is 10.4. The average Bonchev–Trinajstić information content (AvgIpc) is 2.98. The van der Waals surface area contributed by atoms with Crippen molar-refractivity contribution >= 4 is 23.6 Å². The highest BCUT2D eigenvalue weighted by Crippen LogP contribution is 2.21. The van der Waals surface area contributed by atoms with Gasteiger partial charge in [-0.1, -0.05) is 76.3 Å². The number of carboxylic acid groups (broad SMARTS) is 1. The number of phenols is 1. The summed E-state index contributed by atoms with van der Waals surface area (Å²) >= 11 is 0. The van der Waals surface area contributed by atoms with Crippen molar-refractivity contribution in [3.63, 3.8) is 0 Å². The molecule has 0 fully saturated rings. The summed E-state index contributed by atoms with van der Waals surface area (Å²) in [5, 5.41) is 26.5. The van der Waals surface area contributed by atoms with Gasteiger partial charge >= 0.3 is 12.0 Å². The lowest BCUT2D eigenvalue weighted by Gasteiger charge is -2.16. The van der Waals surface area contributed by atoms with Gasteiger partial charge in [-0.3, -0.25) is 4.79 Å². The van der Waals surface area contributed by atoms with Gasteiger partial charge in [0.05, 0.1) is 0 Å². The molecule has 0 spiro atoms. The molecule has 5 N–H and O–H groups in total. The van der Waals surface area contributed by atoms with Crippen molar-refractivity contribution in [3.8, 4) is 5.75 Å². The molecular formula is C34H51N3O6. The van der Waals surface area contributed by atoms with Crippen LogP contribution in [0.3, 0.4) is 0 Å². The Balaban J connectivity index is 2.20. The molecule has 0 aliphatic rings. The molecule has 1 rings (SSSR count). The van der Waals surface area contributed by atoms with Gasteiger partial charge in [-0.05, 0) is 75.0 Å². The number of unbranched alkanes of at least 4 members (excludes halogenated alkanes) is 2. The van der Waals surface area contributed by atoms with Gasteiger partial charge in [-0.2, -0.15) is 0 Å². The highest BCUT2D eigenvalue weighted by atomic mass is 16.5. The maximum absolute atomic E-state index is 12.4. The standard InChI is InChI=1S/C34H51N3O6/c1-5-7-8-9-10-11-12-15-18-26(3)27(4)19-16-13-14-17-24-43-31(6-2)32(39)35-22-23-36-34(42)37-28-20-21-30(38)29(25-28)33(40)41/h7-8,10-11,15-16,18-21,25-27,31,38H,5-6,9,12-14,17,22-24H2,1-4H3,(H,35,39)(H,40,41)(H2,36,37,42)/b8-7-,11-10-,18-15-,19-16-. The third-order valence-electron chi connectivity index (χ3n) is 6.76. The Labute approximate surface area is 257 Å². The van der Waals surface area contributed by atoms with E-state index in [9.17, 15) is 19.5 Å². The van der Waals surface area contributed by atoms with Crippen molar-refractivity contribution in [3.05, 3.63) is 72.4 Å². The van der Waals surface area contributed by atoms with E-state index in [1.54, 1.807) is 0 Å². The van der Waals surface area contributed by atoms with Crippen LogP contribution in [-0.2, 0) is 9.53 Å². The molecule has 0 aliphatic heterocycles. The van der Waals surface area contributed by atoms with Crippen LogP contribution >= 0.6 is 0 Å². The van der Waals surface area contributed by atoms with Crippen molar-refractivity contribution in [2.24, 2.45) is 11.8 Å². The molecule has 0 aromatic heterocycles. The molecule has 0 heterocycles. The summed E-state index contributed by atoms with van der Waals surface area (Å²) in [7, 11) is 0. The third kappa shape index (κ3) is 17.0. The van der Waals surface area contributed by atoms with Crippen LogP contribution in [0.15, 0.2) is 66.8 Å². The lowest BCUT2D eigenvalue weighted by Crippen LogP contribution is -2.41. The first-order valence-electron chi connectivity index (χ1n) is 15.3. The number of aromatic hydroxyl groups is 1. The highest BCUT2D eigenvalue weighted by molar-refractivity contribution is 5.95. The van der Waals surface area contributed by atoms with E-state index in [2.05, 4.69) is 85.3 Å². The van der Waals surface area contributed by atoms with Gasteiger partial charge in [0.1, 0.15) is 17.4 Å². The van der Waals surface area contributed by atoms with E-state index < -0.39 is 18.1 Å².